The lowest BCUT2D eigenvalue weighted by Gasteiger charge is -2.25. The molecule has 0 aliphatic rings. The Hall–Kier alpha value is -1.26. The van der Waals surface area contributed by atoms with Crippen molar-refractivity contribution in [1.82, 2.24) is 4.90 Å². The monoisotopic (exact) mass is 256 g/mol. The normalized spacial score (nSPS) is 11.4. The number of nitrogens with zero attached hydrogens (tertiary/aromatic N) is 1. The highest BCUT2D eigenvalue weighted by molar-refractivity contribution is 6.33. The smallest absolute Gasteiger partial charge is 0.253 e. The van der Waals surface area contributed by atoms with Crippen LogP contribution in [0.5, 0.6) is 0 Å². The van der Waals surface area contributed by atoms with Crippen LogP contribution < -0.4 is 5.73 Å². The van der Waals surface area contributed by atoms with Crippen molar-refractivity contribution in [3.63, 3.8) is 0 Å². The Morgan fingerprint density at radius 2 is 2.12 bits per heavy atom. The van der Waals surface area contributed by atoms with E-state index in [1.807, 2.05) is 0 Å². The molecule has 0 fully saturated rings. The highest BCUT2D eigenvalue weighted by Crippen LogP contribution is 2.20. The number of likely N-dealkylation sites (N-methyl/N-ethyl adjacent to an activating group) is 1. The van der Waals surface area contributed by atoms with Gasteiger partial charge in [0, 0.05) is 19.2 Å². The van der Waals surface area contributed by atoms with E-state index in [-0.39, 0.29) is 12.5 Å². The van der Waals surface area contributed by atoms with Crippen molar-refractivity contribution in [2.45, 2.75) is 19.4 Å². The van der Waals surface area contributed by atoms with Crippen LogP contribution in [0, 0.1) is 0 Å². The van der Waals surface area contributed by atoms with Gasteiger partial charge >= 0.3 is 0 Å². The highest BCUT2D eigenvalue weighted by Gasteiger charge is 2.20. The summed E-state index contributed by atoms with van der Waals surface area (Å²) >= 11 is 5.78. The maximum atomic E-state index is 12.0. The number of halogens is 1. The zero-order chi connectivity index (χ0) is 13.2. The minimum atomic E-state index is -0.928. The molecule has 94 valence electrons. The number of nitrogen functional groups attached to an aromatic ring is 1. The van der Waals surface area contributed by atoms with Crippen molar-refractivity contribution in [3.05, 3.63) is 28.8 Å². The van der Waals surface area contributed by atoms with Gasteiger partial charge in [0.1, 0.15) is 0 Å². The molecule has 0 saturated carbocycles. The van der Waals surface area contributed by atoms with Crippen LogP contribution in [0.2, 0.25) is 5.02 Å². The molecule has 17 heavy (non-hydrogen) atoms. The molecular formula is C12H17ClN2O2. The molecule has 0 unspecified atom stereocenters. The predicted molar refractivity (Wildman–Crippen MR) is 69.1 cm³/mol. The van der Waals surface area contributed by atoms with Crippen molar-refractivity contribution in [1.29, 1.82) is 0 Å². The van der Waals surface area contributed by atoms with Gasteiger partial charge in [-0.25, -0.2) is 0 Å². The average molecular weight is 257 g/mol. The van der Waals surface area contributed by atoms with E-state index in [4.69, 9.17) is 17.3 Å². The molecule has 3 N–H and O–H groups in total. The van der Waals surface area contributed by atoms with Gasteiger partial charge in [0.2, 0.25) is 0 Å². The molecule has 1 aromatic rings. The quantitative estimate of drug-likeness (QED) is 0.810. The number of carbonyl (C=O) groups excluding carboxylic acids is 1. The average Bonchev–Trinajstić information content (AvgIpc) is 2.18. The molecule has 0 saturated heterocycles. The number of aliphatic hydroxyl groups is 1. The second-order valence-corrected chi connectivity index (χ2v) is 5.12. The fourth-order valence-corrected chi connectivity index (χ4v) is 1.67. The molecule has 0 aliphatic heterocycles. The minimum absolute atomic E-state index is 0.199. The summed E-state index contributed by atoms with van der Waals surface area (Å²) in [6, 6.07) is 4.73. The number of carbonyl (C=O) groups is 1. The lowest BCUT2D eigenvalue weighted by atomic mass is 10.1. The maximum absolute atomic E-state index is 12.0. The minimum Gasteiger partial charge on any atom is -0.398 e. The number of nitrogens with two attached hydrogens (primary N) is 1. The summed E-state index contributed by atoms with van der Waals surface area (Å²) in [7, 11) is 1.63. The van der Waals surface area contributed by atoms with Crippen LogP contribution in [0.4, 0.5) is 5.69 Å². The molecule has 5 heteroatoms. The lowest BCUT2D eigenvalue weighted by molar-refractivity contribution is 0.0368. The Labute approximate surface area is 106 Å². The fourth-order valence-electron chi connectivity index (χ4n) is 1.55. The molecule has 0 atom stereocenters. The molecule has 0 aliphatic carbocycles. The first-order valence-electron chi connectivity index (χ1n) is 5.23. The molecule has 0 bridgehead atoms. The van der Waals surface area contributed by atoms with Crippen LogP contribution in [0.15, 0.2) is 18.2 Å². The van der Waals surface area contributed by atoms with Crippen LogP contribution in [-0.4, -0.2) is 35.1 Å². The van der Waals surface area contributed by atoms with Crippen molar-refractivity contribution < 1.29 is 9.90 Å². The van der Waals surface area contributed by atoms with Crippen LogP contribution in [0.3, 0.4) is 0 Å². The van der Waals surface area contributed by atoms with Crippen molar-refractivity contribution >= 4 is 23.2 Å². The number of rotatable bonds is 3. The Balaban J connectivity index is 2.85. The number of hydrogen-bond donors (Lipinski definition) is 2. The fraction of sp³-hybridized carbons (Fsp3) is 0.417. The van der Waals surface area contributed by atoms with Gasteiger partial charge in [0.05, 0.1) is 16.3 Å². The molecule has 4 nitrogen and oxygen atoms in total. The summed E-state index contributed by atoms with van der Waals surface area (Å²) in [4.78, 5) is 13.4. The Morgan fingerprint density at radius 3 is 2.59 bits per heavy atom. The third-order valence-corrected chi connectivity index (χ3v) is 2.56. The Morgan fingerprint density at radius 1 is 1.53 bits per heavy atom. The zero-order valence-electron chi connectivity index (χ0n) is 10.2. The summed E-state index contributed by atoms with van der Waals surface area (Å²) < 4.78 is 0. The molecule has 1 amide bonds. The first kappa shape index (κ1) is 13.8. The van der Waals surface area contributed by atoms with Crippen LogP contribution in [-0.2, 0) is 0 Å². The largest absolute Gasteiger partial charge is 0.398 e. The highest BCUT2D eigenvalue weighted by atomic mass is 35.5. The van der Waals surface area contributed by atoms with Gasteiger partial charge in [-0.1, -0.05) is 11.6 Å². The van der Waals surface area contributed by atoms with Crippen LogP contribution in [0.25, 0.3) is 0 Å². The topological polar surface area (TPSA) is 66.6 Å². The number of hydrogen-bond acceptors (Lipinski definition) is 3. The van der Waals surface area contributed by atoms with E-state index in [1.54, 1.807) is 33.0 Å². The summed E-state index contributed by atoms with van der Waals surface area (Å²) in [5, 5.41) is 10.1. The van der Waals surface area contributed by atoms with Gasteiger partial charge < -0.3 is 15.7 Å². The molecule has 0 radical (unpaired) electrons. The van der Waals surface area contributed by atoms with Crippen molar-refractivity contribution in [2.75, 3.05) is 19.3 Å². The molecule has 0 aromatic heterocycles. The van der Waals surface area contributed by atoms with Gasteiger partial charge in [-0.3, -0.25) is 4.79 Å². The second kappa shape index (κ2) is 4.94. The molecule has 1 rings (SSSR count). The summed E-state index contributed by atoms with van der Waals surface area (Å²) in [6.45, 7) is 3.54. The molecule has 0 spiro atoms. The second-order valence-electron chi connectivity index (χ2n) is 4.71. The van der Waals surface area contributed by atoms with E-state index < -0.39 is 5.60 Å². The van der Waals surface area contributed by atoms with E-state index >= 15 is 0 Å². The van der Waals surface area contributed by atoms with E-state index in [1.165, 1.54) is 11.0 Å². The maximum Gasteiger partial charge on any atom is 0.253 e. The van der Waals surface area contributed by atoms with E-state index in [0.29, 0.717) is 16.3 Å². The number of anilines is 1. The van der Waals surface area contributed by atoms with E-state index in [0.717, 1.165) is 0 Å². The molecule has 0 heterocycles. The predicted octanol–water partition coefficient (Wildman–Crippen LogP) is 1.77. The van der Waals surface area contributed by atoms with E-state index in [2.05, 4.69) is 0 Å². The third kappa shape index (κ3) is 3.91. The number of benzene rings is 1. The van der Waals surface area contributed by atoms with Crippen LogP contribution >= 0.6 is 11.6 Å². The van der Waals surface area contributed by atoms with Gasteiger partial charge in [0.25, 0.3) is 5.91 Å². The lowest BCUT2D eigenvalue weighted by Crippen LogP contribution is -2.39. The first-order valence-corrected chi connectivity index (χ1v) is 5.61. The Bertz CT molecular complexity index is 427. The molecule has 1 aromatic carbocycles. The van der Waals surface area contributed by atoms with Gasteiger partial charge in [-0.2, -0.15) is 0 Å². The van der Waals surface area contributed by atoms with Crippen molar-refractivity contribution in [2.24, 2.45) is 0 Å². The summed E-state index contributed by atoms with van der Waals surface area (Å²) in [6.07, 6.45) is 0. The van der Waals surface area contributed by atoms with Gasteiger partial charge in [-0.05, 0) is 32.0 Å². The number of amides is 1. The molecular weight excluding hydrogens is 240 g/mol. The standard InChI is InChI=1S/C12H17ClN2O2/c1-12(2,17)7-15(3)11(16)8-4-5-9(13)10(14)6-8/h4-6,17H,7,14H2,1-3H3. The summed E-state index contributed by atoms with van der Waals surface area (Å²) in [5.74, 6) is -0.199. The third-order valence-electron chi connectivity index (χ3n) is 2.21. The van der Waals surface area contributed by atoms with Crippen molar-refractivity contribution in [3.8, 4) is 0 Å². The van der Waals surface area contributed by atoms with Gasteiger partial charge in [0.15, 0.2) is 0 Å². The van der Waals surface area contributed by atoms with E-state index in [9.17, 15) is 9.90 Å². The Kier molecular flexibility index (Phi) is 4.01. The zero-order valence-corrected chi connectivity index (χ0v) is 11.0. The van der Waals surface area contributed by atoms with Gasteiger partial charge in [-0.15, -0.1) is 0 Å². The first-order chi connectivity index (χ1) is 7.70. The van der Waals surface area contributed by atoms with Crippen LogP contribution in [0.1, 0.15) is 24.2 Å². The SMILES string of the molecule is CN(CC(C)(C)O)C(=O)c1ccc(Cl)c(N)c1. The summed E-state index contributed by atoms with van der Waals surface area (Å²) in [5.41, 5.74) is 5.53.